The largest absolute Gasteiger partial charge is 0.342 e. The van der Waals surface area contributed by atoms with Crippen molar-refractivity contribution in [1.82, 2.24) is 10.2 Å². The highest BCUT2D eigenvalue weighted by molar-refractivity contribution is 5.91. The second kappa shape index (κ2) is 9.62. The summed E-state index contributed by atoms with van der Waals surface area (Å²) in [6.45, 7) is 5.38. The monoisotopic (exact) mass is 359 g/mol. The van der Waals surface area contributed by atoms with E-state index >= 15 is 0 Å². The number of carbonyl (C=O) groups is 2. The fourth-order valence-corrected chi connectivity index (χ4v) is 4.24. The molecule has 0 saturated heterocycles. The molecule has 2 saturated carbocycles. The molecule has 140 valence electrons. The number of rotatable bonds is 6. The lowest BCUT2D eigenvalue weighted by Gasteiger charge is -2.40. The highest BCUT2D eigenvalue weighted by Crippen LogP contribution is 2.32. The molecule has 0 spiro atoms. The van der Waals surface area contributed by atoms with Crippen LogP contribution in [0, 0.1) is 5.92 Å². The second-order valence-electron chi connectivity index (χ2n) is 7.23. The zero-order chi connectivity index (χ0) is 16.9. The molecule has 6 heteroatoms. The Balaban J connectivity index is 0.00000288. The molecular weight excluding hydrogens is 326 g/mol. The van der Waals surface area contributed by atoms with Crippen molar-refractivity contribution in [1.29, 1.82) is 0 Å². The fourth-order valence-electron chi connectivity index (χ4n) is 4.24. The van der Waals surface area contributed by atoms with E-state index in [4.69, 9.17) is 5.73 Å². The van der Waals surface area contributed by atoms with Gasteiger partial charge >= 0.3 is 0 Å². The summed E-state index contributed by atoms with van der Waals surface area (Å²) in [6, 6.07) is 0.140. The summed E-state index contributed by atoms with van der Waals surface area (Å²) < 4.78 is 0. The summed E-state index contributed by atoms with van der Waals surface area (Å²) in [5, 5.41) is 3.14. The quantitative estimate of drug-likeness (QED) is 0.765. The minimum Gasteiger partial charge on any atom is -0.342 e. The number of likely N-dealkylation sites (N-methyl/N-ethyl adjacent to an activating group) is 1. The Morgan fingerprint density at radius 2 is 1.71 bits per heavy atom. The summed E-state index contributed by atoms with van der Waals surface area (Å²) >= 11 is 0. The molecule has 0 aromatic heterocycles. The second-order valence-corrected chi connectivity index (χ2v) is 7.23. The first-order chi connectivity index (χ1) is 11.0. The van der Waals surface area contributed by atoms with Crippen LogP contribution in [0.15, 0.2) is 0 Å². The molecule has 0 heterocycles. The van der Waals surface area contributed by atoms with Gasteiger partial charge in [0.2, 0.25) is 11.8 Å². The van der Waals surface area contributed by atoms with Crippen molar-refractivity contribution in [2.24, 2.45) is 11.7 Å². The van der Waals surface area contributed by atoms with Crippen LogP contribution in [0.25, 0.3) is 0 Å². The predicted octanol–water partition coefficient (Wildman–Crippen LogP) is 2.61. The molecule has 3 N–H and O–H groups in total. The van der Waals surface area contributed by atoms with Crippen LogP contribution in [-0.2, 0) is 9.59 Å². The summed E-state index contributed by atoms with van der Waals surface area (Å²) in [6.07, 6.45) is 8.34. The van der Waals surface area contributed by atoms with E-state index < -0.39 is 5.54 Å². The molecule has 0 aromatic rings. The Labute approximate surface area is 152 Å². The average molecular weight is 360 g/mol. The molecule has 24 heavy (non-hydrogen) atoms. The Bertz CT molecular complexity index is 420. The van der Waals surface area contributed by atoms with Crippen LogP contribution in [0.4, 0.5) is 0 Å². The average Bonchev–Trinajstić information content (AvgIpc) is 2.94. The Hall–Kier alpha value is -0.810. The van der Waals surface area contributed by atoms with Gasteiger partial charge in [-0.1, -0.05) is 25.7 Å². The van der Waals surface area contributed by atoms with Gasteiger partial charge in [-0.3, -0.25) is 9.59 Å². The van der Waals surface area contributed by atoms with Gasteiger partial charge in [-0.25, -0.2) is 0 Å². The summed E-state index contributed by atoms with van der Waals surface area (Å²) in [5.74, 6) is 0.389. The first-order valence-electron chi connectivity index (χ1n) is 9.38. The fraction of sp³-hybridized carbons (Fsp3) is 0.889. The Morgan fingerprint density at radius 3 is 2.21 bits per heavy atom. The molecule has 0 radical (unpaired) electrons. The van der Waals surface area contributed by atoms with E-state index in [9.17, 15) is 9.59 Å². The zero-order valence-electron chi connectivity index (χ0n) is 15.2. The number of carbonyl (C=O) groups excluding carboxylic acids is 2. The van der Waals surface area contributed by atoms with Gasteiger partial charge in [0.1, 0.15) is 5.54 Å². The van der Waals surface area contributed by atoms with Crippen LogP contribution in [0.1, 0.15) is 71.6 Å². The normalized spacial score (nSPS) is 25.6. The third-order valence-corrected chi connectivity index (χ3v) is 5.71. The molecule has 2 rings (SSSR count). The molecule has 0 unspecified atom stereocenters. The van der Waals surface area contributed by atoms with Crippen molar-refractivity contribution in [2.45, 2.75) is 83.2 Å². The first kappa shape index (κ1) is 21.2. The van der Waals surface area contributed by atoms with Crippen LogP contribution >= 0.6 is 12.4 Å². The predicted molar refractivity (Wildman–Crippen MR) is 99.1 cm³/mol. The minimum absolute atomic E-state index is 0. The van der Waals surface area contributed by atoms with Crippen molar-refractivity contribution in [3.05, 3.63) is 0 Å². The summed E-state index contributed by atoms with van der Waals surface area (Å²) in [5.41, 5.74) is 5.41. The molecule has 0 aromatic carbocycles. The molecule has 2 amide bonds. The maximum atomic E-state index is 13.0. The highest BCUT2D eigenvalue weighted by Gasteiger charge is 2.43. The van der Waals surface area contributed by atoms with E-state index in [0.29, 0.717) is 19.5 Å². The van der Waals surface area contributed by atoms with Crippen molar-refractivity contribution in [3.8, 4) is 0 Å². The van der Waals surface area contributed by atoms with Crippen molar-refractivity contribution in [2.75, 3.05) is 13.1 Å². The topological polar surface area (TPSA) is 75.4 Å². The van der Waals surface area contributed by atoms with E-state index in [-0.39, 0.29) is 36.2 Å². The molecule has 2 fully saturated rings. The van der Waals surface area contributed by atoms with Crippen molar-refractivity contribution in [3.63, 3.8) is 0 Å². The van der Waals surface area contributed by atoms with E-state index in [1.165, 1.54) is 0 Å². The number of hydrogen-bond acceptors (Lipinski definition) is 3. The lowest BCUT2D eigenvalue weighted by atomic mass is 9.80. The number of nitrogens with two attached hydrogens (primary N) is 1. The molecule has 2 aliphatic rings. The van der Waals surface area contributed by atoms with E-state index in [2.05, 4.69) is 5.32 Å². The van der Waals surface area contributed by atoms with Crippen LogP contribution in [0.5, 0.6) is 0 Å². The first-order valence-corrected chi connectivity index (χ1v) is 9.38. The van der Waals surface area contributed by atoms with Gasteiger partial charge in [-0.2, -0.15) is 0 Å². The van der Waals surface area contributed by atoms with E-state index in [1.54, 1.807) is 0 Å². The Kier molecular flexibility index (Phi) is 8.51. The van der Waals surface area contributed by atoms with E-state index in [1.807, 2.05) is 18.7 Å². The maximum Gasteiger partial charge on any atom is 0.248 e. The molecule has 2 atom stereocenters. The molecule has 0 aliphatic heterocycles. The van der Waals surface area contributed by atoms with Crippen LogP contribution < -0.4 is 11.1 Å². The third kappa shape index (κ3) is 4.85. The molecular formula is C18H34ClN3O2. The number of nitrogens with one attached hydrogen (secondary N) is 1. The maximum absolute atomic E-state index is 13.0. The van der Waals surface area contributed by atoms with Crippen molar-refractivity contribution < 1.29 is 9.59 Å². The lowest BCUT2D eigenvalue weighted by Crippen LogP contribution is -2.60. The Morgan fingerprint density at radius 1 is 1.08 bits per heavy atom. The number of nitrogens with zero attached hydrogens (tertiary/aromatic N) is 1. The van der Waals surface area contributed by atoms with Crippen LogP contribution in [0.3, 0.4) is 0 Å². The SMILES string of the molecule is CCN(CC)C(=O)C1(NC(=O)C[C@@H]2CCC[C@H]2N)CCCCC1.Cl. The molecule has 0 bridgehead atoms. The van der Waals surface area contributed by atoms with Gasteiger partial charge in [-0.15, -0.1) is 12.4 Å². The highest BCUT2D eigenvalue weighted by atomic mass is 35.5. The molecule has 2 aliphatic carbocycles. The number of hydrogen-bond donors (Lipinski definition) is 2. The number of amides is 2. The van der Waals surface area contributed by atoms with Gasteiger partial charge in [-0.05, 0) is 45.4 Å². The minimum atomic E-state index is -0.677. The summed E-state index contributed by atoms with van der Waals surface area (Å²) in [4.78, 5) is 27.4. The van der Waals surface area contributed by atoms with Gasteiger partial charge in [0.15, 0.2) is 0 Å². The zero-order valence-corrected chi connectivity index (χ0v) is 16.0. The van der Waals surface area contributed by atoms with Gasteiger partial charge in [0, 0.05) is 25.6 Å². The smallest absolute Gasteiger partial charge is 0.248 e. The summed E-state index contributed by atoms with van der Waals surface area (Å²) in [7, 11) is 0. The van der Waals surface area contributed by atoms with Crippen molar-refractivity contribution >= 4 is 24.2 Å². The van der Waals surface area contributed by atoms with Gasteiger partial charge < -0.3 is 16.0 Å². The van der Waals surface area contributed by atoms with Crippen LogP contribution in [-0.4, -0.2) is 41.4 Å². The van der Waals surface area contributed by atoms with Gasteiger partial charge in [0.25, 0.3) is 0 Å². The lowest BCUT2D eigenvalue weighted by molar-refractivity contribution is -0.143. The third-order valence-electron chi connectivity index (χ3n) is 5.71. The van der Waals surface area contributed by atoms with Gasteiger partial charge in [0.05, 0.1) is 0 Å². The standard InChI is InChI=1S/C18H33N3O2.ClH/c1-3-21(4-2)17(23)18(11-6-5-7-12-18)20-16(22)13-14-9-8-10-15(14)19;/h14-15H,3-13,19H2,1-2H3,(H,20,22);1H/t14-,15+;/m0./s1. The van der Waals surface area contributed by atoms with E-state index in [0.717, 1.165) is 51.4 Å². The molecule has 5 nitrogen and oxygen atoms in total. The van der Waals surface area contributed by atoms with Crippen LogP contribution in [0.2, 0.25) is 0 Å². The number of halogens is 1.